The van der Waals surface area contributed by atoms with Gasteiger partial charge in [-0.15, -0.1) is 0 Å². The van der Waals surface area contributed by atoms with E-state index in [0.29, 0.717) is 0 Å². The van der Waals surface area contributed by atoms with E-state index in [2.05, 4.69) is 49.9 Å². The number of hydrogen-bond acceptors (Lipinski definition) is 3. The maximum atomic E-state index is 5.93. The summed E-state index contributed by atoms with van der Waals surface area (Å²) >= 11 is 0. The van der Waals surface area contributed by atoms with E-state index in [4.69, 9.17) is 10.5 Å². The lowest BCUT2D eigenvalue weighted by molar-refractivity contribution is -0.00526. The number of anilines is 1. The topological polar surface area (TPSA) is 38.5 Å². The highest BCUT2D eigenvalue weighted by atomic mass is 16.5. The summed E-state index contributed by atoms with van der Waals surface area (Å²) in [7, 11) is 0. The fraction of sp³-hybridized carbons (Fsp3) is 0.600. The Morgan fingerprint density at radius 2 is 1.89 bits per heavy atom. The van der Waals surface area contributed by atoms with E-state index in [-0.39, 0.29) is 18.2 Å². The van der Waals surface area contributed by atoms with Crippen LogP contribution in [0.5, 0.6) is 0 Å². The first-order valence-electron chi connectivity index (χ1n) is 6.80. The predicted molar refractivity (Wildman–Crippen MR) is 76.0 cm³/mol. The average Bonchev–Trinajstić information content (AvgIpc) is 2.27. The third-order valence-electron chi connectivity index (χ3n) is 3.29. The molecule has 0 amide bonds. The van der Waals surface area contributed by atoms with Gasteiger partial charge in [0.25, 0.3) is 0 Å². The monoisotopic (exact) mass is 248 g/mol. The minimum absolute atomic E-state index is 0.196. The van der Waals surface area contributed by atoms with Gasteiger partial charge in [0.05, 0.1) is 12.2 Å². The van der Waals surface area contributed by atoms with Gasteiger partial charge in [0.15, 0.2) is 0 Å². The van der Waals surface area contributed by atoms with Gasteiger partial charge < -0.3 is 15.4 Å². The largest absolute Gasteiger partial charge is 0.372 e. The summed E-state index contributed by atoms with van der Waals surface area (Å²) in [5, 5.41) is 0. The number of benzene rings is 1. The Morgan fingerprint density at radius 1 is 1.28 bits per heavy atom. The fourth-order valence-electron chi connectivity index (χ4n) is 2.71. The lowest BCUT2D eigenvalue weighted by Gasteiger charge is -2.38. The van der Waals surface area contributed by atoms with Crippen molar-refractivity contribution in [3.63, 3.8) is 0 Å². The summed E-state index contributed by atoms with van der Waals surface area (Å²) in [5.41, 5.74) is 8.59. The highest BCUT2D eigenvalue weighted by Crippen LogP contribution is 2.25. The molecule has 1 aromatic rings. The molecular weight excluding hydrogens is 224 g/mol. The van der Waals surface area contributed by atoms with Crippen LogP contribution in [0.3, 0.4) is 0 Å². The number of nitrogens with zero attached hydrogens (tertiary/aromatic N) is 1. The molecule has 2 rings (SSSR count). The molecule has 3 heteroatoms. The molecule has 18 heavy (non-hydrogen) atoms. The van der Waals surface area contributed by atoms with Crippen LogP contribution >= 0.6 is 0 Å². The van der Waals surface area contributed by atoms with Gasteiger partial charge in [-0.05, 0) is 38.8 Å². The lowest BCUT2D eigenvalue weighted by Crippen LogP contribution is -2.46. The van der Waals surface area contributed by atoms with E-state index in [1.54, 1.807) is 0 Å². The maximum absolute atomic E-state index is 5.93. The average molecular weight is 248 g/mol. The zero-order chi connectivity index (χ0) is 13.1. The first-order valence-corrected chi connectivity index (χ1v) is 6.80. The first-order chi connectivity index (χ1) is 8.56. The van der Waals surface area contributed by atoms with E-state index in [0.717, 1.165) is 19.5 Å². The van der Waals surface area contributed by atoms with Gasteiger partial charge >= 0.3 is 0 Å². The summed E-state index contributed by atoms with van der Waals surface area (Å²) in [6.07, 6.45) is 1.50. The van der Waals surface area contributed by atoms with E-state index in [1.807, 2.05) is 0 Å². The van der Waals surface area contributed by atoms with Gasteiger partial charge in [-0.1, -0.05) is 18.2 Å². The van der Waals surface area contributed by atoms with Crippen LogP contribution in [-0.4, -0.2) is 31.3 Å². The van der Waals surface area contributed by atoms with Crippen LogP contribution < -0.4 is 10.6 Å². The quantitative estimate of drug-likeness (QED) is 0.891. The normalized spacial score (nSPS) is 26.1. The summed E-state index contributed by atoms with van der Waals surface area (Å²) in [6, 6.07) is 8.77. The van der Waals surface area contributed by atoms with Crippen molar-refractivity contribution in [3.8, 4) is 0 Å². The molecule has 3 nitrogen and oxygen atoms in total. The minimum atomic E-state index is 0.196. The van der Waals surface area contributed by atoms with Crippen molar-refractivity contribution < 1.29 is 4.74 Å². The number of para-hydroxylation sites is 1. The van der Waals surface area contributed by atoms with Crippen molar-refractivity contribution in [1.29, 1.82) is 0 Å². The fourth-order valence-corrected chi connectivity index (χ4v) is 2.71. The molecule has 0 aromatic heterocycles. The van der Waals surface area contributed by atoms with Crippen LogP contribution in [0.4, 0.5) is 5.69 Å². The second kappa shape index (κ2) is 5.72. The molecule has 3 atom stereocenters. The summed E-state index contributed by atoms with van der Waals surface area (Å²) in [4.78, 5) is 2.43. The number of rotatable bonds is 3. The smallest absolute Gasteiger partial charge is 0.0726 e. The van der Waals surface area contributed by atoms with Crippen molar-refractivity contribution >= 4 is 5.69 Å². The molecule has 0 aliphatic carbocycles. The summed E-state index contributed by atoms with van der Waals surface area (Å²) < 4.78 is 5.79. The lowest BCUT2D eigenvalue weighted by atomic mass is 10.0. The SMILES string of the molecule is CC(N)Cc1ccccc1N1C[C@@H](C)O[C@@H](C)C1. The van der Waals surface area contributed by atoms with Gasteiger partial charge in [0.2, 0.25) is 0 Å². The minimum Gasteiger partial charge on any atom is -0.372 e. The Labute approximate surface area is 110 Å². The van der Waals surface area contributed by atoms with Crippen LogP contribution in [0, 0.1) is 0 Å². The molecule has 1 aliphatic rings. The summed E-state index contributed by atoms with van der Waals surface area (Å²) in [6.45, 7) is 8.25. The zero-order valence-corrected chi connectivity index (χ0v) is 11.6. The van der Waals surface area contributed by atoms with Gasteiger partial charge in [-0.3, -0.25) is 0 Å². The molecule has 1 aromatic carbocycles. The van der Waals surface area contributed by atoms with Crippen LogP contribution in [0.1, 0.15) is 26.3 Å². The van der Waals surface area contributed by atoms with Gasteiger partial charge in [0, 0.05) is 24.8 Å². The molecule has 0 bridgehead atoms. The highest BCUT2D eigenvalue weighted by molar-refractivity contribution is 5.54. The van der Waals surface area contributed by atoms with Crippen LogP contribution in [0.15, 0.2) is 24.3 Å². The van der Waals surface area contributed by atoms with E-state index >= 15 is 0 Å². The third kappa shape index (κ3) is 3.24. The third-order valence-corrected chi connectivity index (χ3v) is 3.29. The van der Waals surface area contributed by atoms with Crippen LogP contribution in [-0.2, 0) is 11.2 Å². The molecule has 1 unspecified atom stereocenters. The second-order valence-corrected chi connectivity index (χ2v) is 5.47. The second-order valence-electron chi connectivity index (χ2n) is 5.47. The van der Waals surface area contributed by atoms with Gasteiger partial charge in [0.1, 0.15) is 0 Å². The Kier molecular flexibility index (Phi) is 4.25. The highest BCUT2D eigenvalue weighted by Gasteiger charge is 2.23. The summed E-state index contributed by atoms with van der Waals surface area (Å²) in [5.74, 6) is 0. The van der Waals surface area contributed by atoms with Crippen molar-refractivity contribution in [2.45, 2.75) is 45.4 Å². The van der Waals surface area contributed by atoms with Crippen LogP contribution in [0.2, 0.25) is 0 Å². The first kappa shape index (κ1) is 13.4. The predicted octanol–water partition coefficient (Wildman–Crippen LogP) is 2.19. The van der Waals surface area contributed by atoms with E-state index < -0.39 is 0 Å². The number of morpholine rings is 1. The Balaban J connectivity index is 2.21. The molecule has 2 N–H and O–H groups in total. The number of nitrogens with two attached hydrogens (primary N) is 1. The molecule has 1 saturated heterocycles. The molecule has 1 heterocycles. The van der Waals surface area contributed by atoms with Crippen molar-refractivity contribution in [3.05, 3.63) is 29.8 Å². The maximum Gasteiger partial charge on any atom is 0.0726 e. The molecule has 0 saturated carbocycles. The molecular formula is C15H24N2O. The molecule has 0 spiro atoms. The molecule has 0 radical (unpaired) electrons. The Hall–Kier alpha value is -1.06. The van der Waals surface area contributed by atoms with Crippen molar-refractivity contribution in [1.82, 2.24) is 0 Å². The van der Waals surface area contributed by atoms with Crippen LogP contribution in [0.25, 0.3) is 0 Å². The molecule has 1 aliphatic heterocycles. The van der Waals surface area contributed by atoms with E-state index in [1.165, 1.54) is 11.3 Å². The number of ether oxygens (including phenoxy) is 1. The number of hydrogen-bond donors (Lipinski definition) is 1. The standard InChI is InChI=1S/C15H24N2O/c1-11(16)8-14-6-4-5-7-15(14)17-9-12(2)18-13(3)10-17/h4-7,11-13H,8-10,16H2,1-3H3/t11?,12-,13+. The Bertz CT molecular complexity index is 382. The van der Waals surface area contributed by atoms with Crippen molar-refractivity contribution in [2.75, 3.05) is 18.0 Å². The van der Waals surface area contributed by atoms with Crippen molar-refractivity contribution in [2.24, 2.45) is 5.73 Å². The zero-order valence-electron chi connectivity index (χ0n) is 11.6. The van der Waals surface area contributed by atoms with E-state index in [9.17, 15) is 0 Å². The van der Waals surface area contributed by atoms with Gasteiger partial charge in [-0.25, -0.2) is 0 Å². The van der Waals surface area contributed by atoms with Gasteiger partial charge in [-0.2, -0.15) is 0 Å². The Morgan fingerprint density at radius 3 is 2.50 bits per heavy atom. The molecule has 1 fully saturated rings. The molecule has 100 valence electrons.